The second-order valence-corrected chi connectivity index (χ2v) is 8.83. The summed E-state index contributed by atoms with van der Waals surface area (Å²) in [5.41, 5.74) is 1.12. The zero-order chi connectivity index (χ0) is 27.2. The maximum atomic E-state index is 13.7. The van der Waals surface area contributed by atoms with Crippen LogP contribution in [0.1, 0.15) is 35.4 Å². The summed E-state index contributed by atoms with van der Waals surface area (Å²) in [6.45, 7) is 2.11. The third-order valence-electron chi connectivity index (χ3n) is 6.35. The predicted molar refractivity (Wildman–Crippen MR) is 133 cm³/mol. The first-order chi connectivity index (χ1) is 18.1. The molecule has 0 radical (unpaired) electrons. The normalized spacial score (nSPS) is 14.9. The third kappa shape index (κ3) is 4.37. The van der Waals surface area contributed by atoms with Crippen molar-refractivity contribution in [2.75, 3.05) is 16.8 Å². The van der Waals surface area contributed by atoms with E-state index in [1.54, 1.807) is 48.3 Å². The average Bonchev–Trinajstić information content (AvgIpc) is 3.45. The second kappa shape index (κ2) is 9.35. The molecule has 4 aromatic rings. The molecule has 0 bridgehead atoms. The number of aromatic nitrogens is 4. The number of hydrogen-bond donors (Lipinski definition) is 3. The number of phenolic OH excluding ortho intramolecular Hbond substituents is 1. The number of rotatable bonds is 5. The zero-order valence-corrected chi connectivity index (χ0v) is 20.3. The van der Waals surface area contributed by atoms with Crippen LogP contribution in [0.3, 0.4) is 0 Å². The van der Waals surface area contributed by atoms with Crippen LogP contribution in [0.5, 0.6) is 5.75 Å². The molecule has 1 aliphatic heterocycles. The zero-order valence-electron chi connectivity index (χ0n) is 20.3. The lowest BCUT2D eigenvalue weighted by molar-refractivity contribution is -0.138. The van der Waals surface area contributed by atoms with Crippen LogP contribution in [0, 0.1) is 11.3 Å². The van der Waals surface area contributed by atoms with Gasteiger partial charge in [-0.15, -0.1) is 10.2 Å². The Hall–Kier alpha value is -4.63. The molecule has 12 heteroatoms. The highest BCUT2D eigenvalue weighted by molar-refractivity contribution is 5.84. The van der Waals surface area contributed by atoms with Gasteiger partial charge in [0.2, 0.25) is 0 Å². The van der Waals surface area contributed by atoms with Gasteiger partial charge in [-0.2, -0.15) is 18.4 Å². The summed E-state index contributed by atoms with van der Waals surface area (Å²) >= 11 is 0. The lowest BCUT2D eigenvalue weighted by Crippen LogP contribution is -2.22. The van der Waals surface area contributed by atoms with Crippen LogP contribution in [0.25, 0.3) is 22.5 Å². The number of aliphatic hydroxyl groups excluding tert-OH is 1. The molecule has 9 nitrogen and oxygen atoms in total. The summed E-state index contributed by atoms with van der Waals surface area (Å²) < 4.78 is 42.9. The molecular formula is C26H22F3N7O2. The van der Waals surface area contributed by atoms with Crippen molar-refractivity contribution in [3.63, 3.8) is 0 Å². The molecule has 3 heterocycles. The van der Waals surface area contributed by atoms with E-state index in [-0.39, 0.29) is 23.5 Å². The van der Waals surface area contributed by atoms with Crippen LogP contribution >= 0.6 is 0 Å². The molecule has 1 unspecified atom stereocenters. The maximum Gasteiger partial charge on any atom is 0.416 e. The van der Waals surface area contributed by atoms with Gasteiger partial charge in [0.1, 0.15) is 23.7 Å². The number of phenols is 1. The van der Waals surface area contributed by atoms with Crippen molar-refractivity contribution < 1.29 is 23.4 Å². The first-order valence-corrected chi connectivity index (χ1v) is 11.6. The Bertz CT molecular complexity index is 1580. The highest BCUT2D eigenvalue weighted by atomic mass is 19.4. The molecule has 5 rings (SSSR count). The summed E-state index contributed by atoms with van der Waals surface area (Å²) in [5.74, 6) is 0.592. The molecule has 1 atom stereocenters. The van der Waals surface area contributed by atoms with Crippen LogP contribution in [0.15, 0.2) is 48.8 Å². The van der Waals surface area contributed by atoms with Crippen LogP contribution in [-0.2, 0) is 19.8 Å². The number of pyridine rings is 1. The number of benzene rings is 2. The fourth-order valence-electron chi connectivity index (χ4n) is 4.63. The predicted octanol–water partition coefficient (Wildman–Crippen LogP) is 4.58. The van der Waals surface area contributed by atoms with Crippen molar-refractivity contribution in [2.24, 2.45) is 7.05 Å². The van der Waals surface area contributed by atoms with Crippen molar-refractivity contribution >= 4 is 11.6 Å². The summed E-state index contributed by atoms with van der Waals surface area (Å²) in [4.78, 5) is 5.88. The van der Waals surface area contributed by atoms with E-state index in [1.807, 2.05) is 6.92 Å². The van der Waals surface area contributed by atoms with Crippen molar-refractivity contribution in [2.45, 2.75) is 25.9 Å². The molecule has 0 fully saturated rings. The SMILES string of the molecule is CCNc1cc(-c2cc(C#N)ccc2-c2nncn2C)cc(N2Cc3c(cc(O)cc3C(F)(F)F)C2O)n1. The van der Waals surface area contributed by atoms with Crippen LogP contribution < -0.4 is 10.2 Å². The lowest BCUT2D eigenvalue weighted by atomic mass is 9.97. The minimum atomic E-state index is -4.72. The summed E-state index contributed by atoms with van der Waals surface area (Å²) in [7, 11) is 1.78. The van der Waals surface area contributed by atoms with E-state index in [1.165, 1.54) is 4.90 Å². The van der Waals surface area contributed by atoms with Gasteiger partial charge >= 0.3 is 6.18 Å². The molecule has 2 aromatic heterocycles. The van der Waals surface area contributed by atoms with E-state index in [9.17, 15) is 28.6 Å². The van der Waals surface area contributed by atoms with Gasteiger partial charge in [-0.3, -0.25) is 0 Å². The molecule has 194 valence electrons. The maximum absolute atomic E-state index is 13.7. The van der Waals surface area contributed by atoms with E-state index in [2.05, 4.69) is 26.6 Å². The summed E-state index contributed by atoms with van der Waals surface area (Å²) in [5, 5.41) is 41.7. The smallest absolute Gasteiger partial charge is 0.416 e. The first-order valence-electron chi connectivity index (χ1n) is 11.6. The van der Waals surface area contributed by atoms with Crippen LogP contribution in [-0.4, -0.2) is 36.5 Å². The number of fused-ring (bicyclic) bond motifs is 1. The van der Waals surface area contributed by atoms with E-state index in [0.29, 0.717) is 46.5 Å². The number of aromatic hydroxyl groups is 1. The fourth-order valence-corrected chi connectivity index (χ4v) is 4.63. The quantitative estimate of drug-likeness (QED) is 0.349. The Morgan fingerprint density at radius 2 is 1.95 bits per heavy atom. The second-order valence-electron chi connectivity index (χ2n) is 8.83. The molecule has 2 aromatic carbocycles. The molecule has 0 amide bonds. The number of aliphatic hydroxyl groups is 1. The first kappa shape index (κ1) is 25.0. The molecule has 38 heavy (non-hydrogen) atoms. The Morgan fingerprint density at radius 3 is 2.61 bits per heavy atom. The van der Waals surface area contributed by atoms with Crippen molar-refractivity contribution in [3.8, 4) is 34.3 Å². The number of alkyl halides is 3. The molecular weight excluding hydrogens is 499 g/mol. The van der Waals surface area contributed by atoms with Gasteiger partial charge < -0.3 is 25.0 Å². The molecule has 0 aliphatic carbocycles. The monoisotopic (exact) mass is 521 g/mol. The number of hydrogen-bond acceptors (Lipinski definition) is 8. The number of nitriles is 1. The van der Waals surface area contributed by atoms with Crippen molar-refractivity contribution in [1.82, 2.24) is 19.7 Å². The molecule has 1 aliphatic rings. The minimum absolute atomic E-state index is 0.0409. The Morgan fingerprint density at radius 1 is 1.16 bits per heavy atom. The van der Waals surface area contributed by atoms with Gasteiger partial charge in [0, 0.05) is 31.3 Å². The van der Waals surface area contributed by atoms with Crippen LogP contribution in [0.4, 0.5) is 24.8 Å². The van der Waals surface area contributed by atoms with Gasteiger partial charge in [-0.1, -0.05) is 0 Å². The standard InChI is InChI=1S/C26H22F3N7O2/c1-3-31-22-7-15(18-6-14(11-30)4-5-17(18)24-34-32-13-35(24)2)8-23(33-22)36-12-20-19(25(36)38)9-16(37)10-21(20)26(27,28)29/h4-10,13,25,37-38H,3,12H2,1-2H3,(H,31,33). The summed E-state index contributed by atoms with van der Waals surface area (Å²) in [6.07, 6.45) is -4.64. The van der Waals surface area contributed by atoms with E-state index in [4.69, 9.17) is 0 Å². The average molecular weight is 522 g/mol. The third-order valence-corrected chi connectivity index (χ3v) is 6.35. The van der Waals surface area contributed by atoms with Gasteiger partial charge in [-0.25, -0.2) is 4.98 Å². The van der Waals surface area contributed by atoms with Crippen molar-refractivity contribution in [1.29, 1.82) is 5.26 Å². The largest absolute Gasteiger partial charge is 0.508 e. The number of halogens is 3. The number of nitrogens with zero attached hydrogens (tertiary/aromatic N) is 6. The topological polar surface area (TPSA) is 123 Å². The Labute approximate surface area is 215 Å². The molecule has 0 saturated carbocycles. The van der Waals surface area contributed by atoms with Crippen LogP contribution in [0.2, 0.25) is 0 Å². The van der Waals surface area contributed by atoms with E-state index < -0.39 is 23.7 Å². The van der Waals surface area contributed by atoms with Gasteiger partial charge in [0.25, 0.3) is 0 Å². The van der Waals surface area contributed by atoms with Crippen molar-refractivity contribution in [3.05, 3.63) is 71.0 Å². The highest BCUT2D eigenvalue weighted by Crippen LogP contribution is 2.45. The molecule has 3 N–H and O–H groups in total. The summed E-state index contributed by atoms with van der Waals surface area (Å²) in [6, 6.07) is 12.4. The highest BCUT2D eigenvalue weighted by Gasteiger charge is 2.41. The van der Waals surface area contributed by atoms with E-state index >= 15 is 0 Å². The van der Waals surface area contributed by atoms with Gasteiger partial charge in [0.05, 0.1) is 17.2 Å². The number of anilines is 2. The van der Waals surface area contributed by atoms with Gasteiger partial charge in [0.15, 0.2) is 12.1 Å². The molecule has 0 spiro atoms. The fraction of sp³-hybridized carbons (Fsp3) is 0.231. The number of aryl methyl sites for hydroxylation is 1. The van der Waals surface area contributed by atoms with E-state index in [0.717, 1.165) is 6.07 Å². The lowest BCUT2D eigenvalue weighted by Gasteiger charge is -2.24. The minimum Gasteiger partial charge on any atom is -0.508 e. The Balaban J connectivity index is 1.67. The Kier molecular flexibility index (Phi) is 6.16. The number of nitrogens with one attached hydrogen (secondary N) is 1. The van der Waals surface area contributed by atoms with Gasteiger partial charge in [-0.05, 0) is 66.1 Å². The molecule has 0 saturated heterocycles.